The quantitative estimate of drug-likeness (QED) is 0.798. The smallest absolute Gasteiger partial charge is 0.123 e. The van der Waals surface area contributed by atoms with Gasteiger partial charge in [0.15, 0.2) is 0 Å². The van der Waals surface area contributed by atoms with Crippen LogP contribution in [0.3, 0.4) is 0 Å². The zero-order valence-corrected chi connectivity index (χ0v) is 12.7. The minimum atomic E-state index is 0.110. The first-order valence-electron chi connectivity index (χ1n) is 6.54. The lowest BCUT2D eigenvalue weighted by molar-refractivity contribution is 0.242. The van der Waals surface area contributed by atoms with Gasteiger partial charge in [0.05, 0.1) is 6.10 Å². The normalized spacial score (nSPS) is 10.7. The topological polar surface area (TPSA) is 47.3 Å². The number of anilines is 3. The number of nitrogens with one attached hydrogen (secondary N) is 1. The summed E-state index contributed by atoms with van der Waals surface area (Å²) in [4.78, 5) is 0. The number of hydrogen-bond donors (Lipinski definition) is 2. The van der Waals surface area contributed by atoms with Crippen LogP contribution >= 0.6 is 11.6 Å². The number of nitrogen functional groups attached to an aromatic ring is 1. The fourth-order valence-corrected chi connectivity index (χ4v) is 2.05. The van der Waals surface area contributed by atoms with Crippen molar-refractivity contribution in [2.24, 2.45) is 0 Å². The van der Waals surface area contributed by atoms with Gasteiger partial charge in [-0.2, -0.15) is 0 Å². The number of nitrogens with two attached hydrogens (primary N) is 1. The van der Waals surface area contributed by atoms with Crippen molar-refractivity contribution in [2.75, 3.05) is 11.1 Å². The van der Waals surface area contributed by atoms with Gasteiger partial charge in [-0.1, -0.05) is 17.7 Å². The highest BCUT2D eigenvalue weighted by atomic mass is 35.5. The molecule has 0 amide bonds. The number of rotatable bonds is 4. The molecule has 3 nitrogen and oxygen atoms in total. The molecule has 106 valence electrons. The molecule has 0 radical (unpaired) electrons. The van der Waals surface area contributed by atoms with Crippen LogP contribution in [-0.2, 0) is 0 Å². The average Bonchev–Trinajstić information content (AvgIpc) is 2.32. The van der Waals surface area contributed by atoms with Gasteiger partial charge in [0.2, 0.25) is 0 Å². The van der Waals surface area contributed by atoms with Gasteiger partial charge >= 0.3 is 0 Å². The maximum absolute atomic E-state index is 6.12. The maximum Gasteiger partial charge on any atom is 0.123 e. The summed E-state index contributed by atoms with van der Waals surface area (Å²) in [6, 6.07) is 11.4. The Labute approximate surface area is 124 Å². The number of ether oxygens (including phenoxy) is 1. The molecule has 0 aromatic heterocycles. The molecule has 0 spiro atoms. The summed E-state index contributed by atoms with van der Waals surface area (Å²) in [5.74, 6) is 0.751. The molecule has 3 N–H and O–H groups in total. The molecule has 0 aliphatic heterocycles. The van der Waals surface area contributed by atoms with Crippen molar-refractivity contribution in [1.82, 2.24) is 0 Å². The molecule has 2 aromatic rings. The van der Waals surface area contributed by atoms with Crippen molar-refractivity contribution in [3.8, 4) is 5.75 Å². The van der Waals surface area contributed by atoms with E-state index in [1.165, 1.54) is 0 Å². The van der Waals surface area contributed by atoms with Crippen LogP contribution in [0.5, 0.6) is 5.75 Å². The van der Waals surface area contributed by atoms with Crippen molar-refractivity contribution < 1.29 is 4.74 Å². The Morgan fingerprint density at radius 2 is 1.85 bits per heavy atom. The summed E-state index contributed by atoms with van der Waals surface area (Å²) in [5, 5.41) is 4.02. The van der Waals surface area contributed by atoms with Crippen molar-refractivity contribution in [2.45, 2.75) is 26.9 Å². The van der Waals surface area contributed by atoms with Crippen LogP contribution in [0.25, 0.3) is 0 Å². The van der Waals surface area contributed by atoms with E-state index in [0.29, 0.717) is 5.69 Å². The van der Waals surface area contributed by atoms with E-state index in [-0.39, 0.29) is 6.10 Å². The Kier molecular flexibility index (Phi) is 4.40. The summed E-state index contributed by atoms with van der Waals surface area (Å²) < 4.78 is 5.67. The highest BCUT2D eigenvalue weighted by Crippen LogP contribution is 2.28. The van der Waals surface area contributed by atoms with Crippen LogP contribution in [0.2, 0.25) is 5.02 Å². The van der Waals surface area contributed by atoms with Crippen LogP contribution < -0.4 is 15.8 Å². The third-order valence-corrected chi connectivity index (χ3v) is 3.17. The van der Waals surface area contributed by atoms with Crippen LogP contribution in [0.4, 0.5) is 17.1 Å². The number of hydrogen-bond acceptors (Lipinski definition) is 3. The molecule has 20 heavy (non-hydrogen) atoms. The van der Waals surface area contributed by atoms with Gasteiger partial charge in [0.25, 0.3) is 0 Å². The molecular weight excluding hydrogens is 272 g/mol. The first-order valence-corrected chi connectivity index (χ1v) is 6.92. The molecule has 2 aromatic carbocycles. The summed E-state index contributed by atoms with van der Waals surface area (Å²) in [6.07, 6.45) is 0.110. The van der Waals surface area contributed by atoms with Gasteiger partial charge in [-0.3, -0.25) is 0 Å². The fraction of sp³-hybridized carbons (Fsp3) is 0.250. The SMILES string of the molecule is Cc1ccc(Nc2cc(N)cc(OC(C)C)c2)cc1Cl. The second kappa shape index (κ2) is 6.06. The highest BCUT2D eigenvalue weighted by Gasteiger charge is 2.04. The molecule has 0 saturated carbocycles. The second-order valence-electron chi connectivity index (χ2n) is 5.05. The number of halogens is 1. The van der Waals surface area contributed by atoms with Crippen LogP contribution in [0.1, 0.15) is 19.4 Å². The zero-order valence-electron chi connectivity index (χ0n) is 11.9. The summed E-state index contributed by atoms with van der Waals surface area (Å²) in [6.45, 7) is 5.94. The van der Waals surface area contributed by atoms with E-state index in [4.69, 9.17) is 22.1 Å². The summed E-state index contributed by atoms with van der Waals surface area (Å²) in [7, 11) is 0. The average molecular weight is 291 g/mol. The van der Waals surface area contributed by atoms with Gasteiger partial charge in [-0.25, -0.2) is 0 Å². The predicted octanol–water partition coefficient (Wildman–Crippen LogP) is 4.76. The minimum absolute atomic E-state index is 0.110. The van der Waals surface area contributed by atoms with E-state index < -0.39 is 0 Å². The standard InChI is InChI=1S/C16H19ClN2O/c1-10(2)20-15-7-12(18)6-14(8-15)19-13-5-4-11(3)16(17)9-13/h4-10,19H,18H2,1-3H3. The van der Waals surface area contributed by atoms with E-state index in [1.807, 2.05) is 57.2 Å². The molecule has 0 heterocycles. The first-order chi connectivity index (χ1) is 9.44. The number of benzene rings is 2. The van der Waals surface area contributed by atoms with Crippen molar-refractivity contribution in [1.29, 1.82) is 0 Å². The number of aryl methyl sites for hydroxylation is 1. The summed E-state index contributed by atoms with van der Waals surface area (Å²) >= 11 is 6.12. The Bertz CT molecular complexity index is 611. The van der Waals surface area contributed by atoms with Crippen LogP contribution in [0, 0.1) is 6.92 Å². The Hall–Kier alpha value is -1.87. The molecule has 0 aliphatic rings. The molecule has 0 saturated heterocycles. The Morgan fingerprint density at radius 1 is 1.10 bits per heavy atom. The van der Waals surface area contributed by atoms with E-state index >= 15 is 0 Å². The van der Waals surface area contributed by atoms with Gasteiger partial charge in [0, 0.05) is 34.2 Å². The summed E-state index contributed by atoms with van der Waals surface area (Å²) in [5.41, 5.74) is 9.40. The largest absolute Gasteiger partial charge is 0.491 e. The molecule has 4 heteroatoms. The third-order valence-electron chi connectivity index (χ3n) is 2.76. The Morgan fingerprint density at radius 3 is 2.50 bits per heavy atom. The van der Waals surface area contributed by atoms with E-state index in [1.54, 1.807) is 0 Å². The van der Waals surface area contributed by atoms with Crippen LogP contribution in [0.15, 0.2) is 36.4 Å². The lowest BCUT2D eigenvalue weighted by Crippen LogP contribution is -2.06. The molecule has 2 rings (SSSR count). The lowest BCUT2D eigenvalue weighted by Gasteiger charge is -2.13. The molecule has 0 fully saturated rings. The maximum atomic E-state index is 6.12. The second-order valence-corrected chi connectivity index (χ2v) is 5.45. The first kappa shape index (κ1) is 14.5. The Balaban J connectivity index is 2.24. The molecule has 0 aliphatic carbocycles. The van der Waals surface area contributed by atoms with Gasteiger partial charge in [-0.15, -0.1) is 0 Å². The monoisotopic (exact) mass is 290 g/mol. The van der Waals surface area contributed by atoms with E-state index in [9.17, 15) is 0 Å². The van der Waals surface area contributed by atoms with E-state index in [2.05, 4.69) is 5.32 Å². The van der Waals surface area contributed by atoms with Gasteiger partial charge in [-0.05, 0) is 44.5 Å². The molecule has 0 unspecified atom stereocenters. The fourth-order valence-electron chi connectivity index (χ4n) is 1.87. The zero-order chi connectivity index (χ0) is 14.7. The van der Waals surface area contributed by atoms with Crippen molar-refractivity contribution in [3.05, 3.63) is 47.0 Å². The molecular formula is C16H19ClN2O. The lowest BCUT2D eigenvalue weighted by atomic mass is 10.2. The van der Waals surface area contributed by atoms with Crippen LogP contribution in [-0.4, -0.2) is 6.10 Å². The predicted molar refractivity (Wildman–Crippen MR) is 86.1 cm³/mol. The van der Waals surface area contributed by atoms with E-state index in [0.717, 1.165) is 27.7 Å². The third kappa shape index (κ3) is 3.81. The van der Waals surface area contributed by atoms with Crippen molar-refractivity contribution in [3.63, 3.8) is 0 Å². The minimum Gasteiger partial charge on any atom is -0.491 e. The highest BCUT2D eigenvalue weighted by molar-refractivity contribution is 6.31. The molecule has 0 atom stereocenters. The van der Waals surface area contributed by atoms with Gasteiger partial charge < -0.3 is 15.8 Å². The van der Waals surface area contributed by atoms with Crippen molar-refractivity contribution >= 4 is 28.7 Å². The van der Waals surface area contributed by atoms with Gasteiger partial charge in [0.1, 0.15) is 5.75 Å². The molecule has 0 bridgehead atoms.